The van der Waals surface area contributed by atoms with Crippen LogP contribution in [0, 0.1) is 0 Å². The highest BCUT2D eigenvalue weighted by Gasteiger charge is 2.04. The van der Waals surface area contributed by atoms with Crippen LogP contribution in [0.25, 0.3) is 11.1 Å². The molecule has 0 unspecified atom stereocenters. The molecule has 0 amide bonds. The Morgan fingerprint density at radius 1 is 1.12 bits per heavy atom. The van der Waals surface area contributed by atoms with Gasteiger partial charge in [0.05, 0.1) is 6.61 Å². The highest BCUT2D eigenvalue weighted by molar-refractivity contribution is 5.73. The van der Waals surface area contributed by atoms with E-state index in [-0.39, 0.29) is 5.75 Å². The molecule has 0 saturated heterocycles. The Balaban J connectivity index is 2.36. The van der Waals surface area contributed by atoms with Gasteiger partial charge in [-0.15, -0.1) is 0 Å². The molecular weight excluding hydrogens is 214 g/mol. The Morgan fingerprint density at radius 3 is 2.47 bits per heavy atom. The van der Waals surface area contributed by atoms with Crippen molar-refractivity contribution in [3.05, 3.63) is 42.5 Å². The lowest BCUT2D eigenvalue weighted by Crippen LogP contribution is -1.91. The first-order valence-electron chi connectivity index (χ1n) is 5.52. The van der Waals surface area contributed by atoms with Crippen molar-refractivity contribution < 1.29 is 9.84 Å². The van der Waals surface area contributed by atoms with E-state index in [4.69, 9.17) is 10.5 Å². The second-order valence-electron chi connectivity index (χ2n) is 3.73. The van der Waals surface area contributed by atoms with Crippen LogP contribution >= 0.6 is 0 Å². The third-order valence-corrected chi connectivity index (χ3v) is 2.50. The molecule has 17 heavy (non-hydrogen) atoms. The normalized spacial score (nSPS) is 10.2. The average Bonchev–Trinajstić information content (AvgIpc) is 2.34. The number of rotatable bonds is 3. The highest BCUT2D eigenvalue weighted by Crippen LogP contribution is 2.31. The lowest BCUT2D eigenvalue weighted by molar-refractivity contribution is 0.340. The van der Waals surface area contributed by atoms with Gasteiger partial charge in [-0.25, -0.2) is 0 Å². The van der Waals surface area contributed by atoms with Gasteiger partial charge in [0, 0.05) is 11.3 Å². The van der Waals surface area contributed by atoms with Crippen molar-refractivity contribution in [1.82, 2.24) is 0 Å². The first-order valence-corrected chi connectivity index (χ1v) is 5.52. The minimum Gasteiger partial charge on any atom is -0.507 e. The van der Waals surface area contributed by atoms with Crippen molar-refractivity contribution in [3.8, 4) is 22.6 Å². The molecule has 3 heteroatoms. The summed E-state index contributed by atoms with van der Waals surface area (Å²) in [5.41, 5.74) is 7.98. The molecule has 2 aromatic carbocycles. The number of hydrogen-bond donors (Lipinski definition) is 2. The molecule has 88 valence electrons. The maximum absolute atomic E-state index is 9.77. The van der Waals surface area contributed by atoms with E-state index in [2.05, 4.69) is 0 Å². The van der Waals surface area contributed by atoms with E-state index in [0.29, 0.717) is 12.3 Å². The summed E-state index contributed by atoms with van der Waals surface area (Å²) in [5, 5.41) is 9.77. The smallest absolute Gasteiger partial charge is 0.123 e. The summed E-state index contributed by atoms with van der Waals surface area (Å²) in [6.45, 7) is 2.58. The number of benzene rings is 2. The number of ether oxygens (including phenoxy) is 1. The number of hydrogen-bond acceptors (Lipinski definition) is 3. The molecule has 0 radical (unpaired) electrons. The molecule has 0 spiro atoms. The lowest BCUT2D eigenvalue weighted by Gasteiger charge is -2.07. The number of phenolic OH excluding ortho intramolecular Hbond substituents is 1. The number of nitrogen functional groups attached to an aromatic ring is 1. The van der Waals surface area contributed by atoms with Gasteiger partial charge in [0.1, 0.15) is 11.5 Å². The largest absolute Gasteiger partial charge is 0.507 e. The molecule has 3 N–H and O–H groups in total. The van der Waals surface area contributed by atoms with E-state index < -0.39 is 0 Å². The van der Waals surface area contributed by atoms with Crippen molar-refractivity contribution in [1.29, 1.82) is 0 Å². The summed E-state index contributed by atoms with van der Waals surface area (Å²) in [5.74, 6) is 1.04. The molecular formula is C14H15NO2. The van der Waals surface area contributed by atoms with E-state index in [1.54, 1.807) is 18.2 Å². The van der Waals surface area contributed by atoms with Crippen LogP contribution in [0.3, 0.4) is 0 Å². The van der Waals surface area contributed by atoms with Crippen LogP contribution in [0.4, 0.5) is 5.69 Å². The number of aromatic hydroxyl groups is 1. The zero-order chi connectivity index (χ0) is 12.3. The predicted octanol–water partition coefficient (Wildman–Crippen LogP) is 3.04. The van der Waals surface area contributed by atoms with Gasteiger partial charge in [0.15, 0.2) is 0 Å². The van der Waals surface area contributed by atoms with E-state index in [1.807, 2.05) is 31.2 Å². The monoisotopic (exact) mass is 229 g/mol. The van der Waals surface area contributed by atoms with Crippen molar-refractivity contribution in [2.45, 2.75) is 6.92 Å². The van der Waals surface area contributed by atoms with Crippen molar-refractivity contribution in [2.75, 3.05) is 12.3 Å². The quantitative estimate of drug-likeness (QED) is 0.628. The maximum atomic E-state index is 9.77. The fourth-order valence-corrected chi connectivity index (χ4v) is 1.68. The van der Waals surface area contributed by atoms with Crippen LogP contribution < -0.4 is 10.5 Å². The van der Waals surface area contributed by atoms with Gasteiger partial charge in [-0.3, -0.25) is 0 Å². The van der Waals surface area contributed by atoms with Crippen molar-refractivity contribution in [3.63, 3.8) is 0 Å². The Bertz CT molecular complexity index is 506. The molecule has 0 aromatic heterocycles. The predicted molar refractivity (Wildman–Crippen MR) is 69.1 cm³/mol. The molecule has 2 rings (SSSR count). The summed E-state index contributed by atoms with van der Waals surface area (Å²) in [6.07, 6.45) is 0. The Kier molecular flexibility index (Phi) is 3.19. The molecule has 0 fully saturated rings. The molecule has 0 aliphatic heterocycles. The van der Waals surface area contributed by atoms with Gasteiger partial charge in [0.2, 0.25) is 0 Å². The third-order valence-electron chi connectivity index (χ3n) is 2.50. The number of phenols is 1. The van der Waals surface area contributed by atoms with Gasteiger partial charge < -0.3 is 15.6 Å². The average molecular weight is 229 g/mol. The molecule has 0 bridgehead atoms. The highest BCUT2D eigenvalue weighted by atomic mass is 16.5. The summed E-state index contributed by atoms with van der Waals surface area (Å²) in [7, 11) is 0. The van der Waals surface area contributed by atoms with E-state index in [0.717, 1.165) is 16.9 Å². The Hall–Kier alpha value is -2.16. The Morgan fingerprint density at radius 2 is 1.82 bits per heavy atom. The van der Waals surface area contributed by atoms with Gasteiger partial charge in [-0.2, -0.15) is 0 Å². The summed E-state index contributed by atoms with van der Waals surface area (Å²) in [6, 6.07) is 12.6. The second kappa shape index (κ2) is 4.78. The van der Waals surface area contributed by atoms with Gasteiger partial charge in [0.25, 0.3) is 0 Å². The van der Waals surface area contributed by atoms with E-state index in [9.17, 15) is 5.11 Å². The van der Waals surface area contributed by atoms with Crippen LogP contribution in [-0.2, 0) is 0 Å². The standard InChI is InChI=1S/C14H15NO2/c1-2-17-12-6-3-10(4-7-12)13-9-11(15)5-8-14(13)16/h3-9,16H,2,15H2,1H3. The molecule has 0 aliphatic carbocycles. The SMILES string of the molecule is CCOc1ccc(-c2cc(N)ccc2O)cc1. The van der Waals surface area contributed by atoms with Crippen LogP contribution in [0.5, 0.6) is 11.5 Å². The zero-order valence-electron chi connectivity index (χ0n) is 9.68. The van der Waals surface area contributed by atoms with Gasteiger partial charge >= 0.3 is 0 Å². The van der Waals surface area contributed by atoms with Gasteiger partial charge in [-0.05, 0) is 42.8 Å². The van der Waals surface area contributed by atoms with E-state index >= 15 is 0 Å². The molecule has 0 aliphatic rings. The van der Waals surface area contributed by atoms with Gasteiger partial charge in [-0.1, -0.05) is 12.1 Å². The third kappa shape index (κ3) is 2.50. The van der Waals surface area contributed by atoms with Crippen LogP contribution in [0.2, 0.25) is 0 Å². The van der Waals surface area contributed by atoms with Crippen LogP contribution in [-0.4, -0.2) is 11.7 Å². The molecule has 0 atom stereocenters. The minimum absolute atomic E-state index is 0.225. The summed E-state index contributed by atoms with van der Waals surface area (Å²) in [4.78, 5) is 0. The van der Waals surface area contributed by atoms with Crippen molar-refractivity contribution >= 4 is 5.69 Å². The van der Waals surface area contributed by atoms with Crippen LogP contribution in [0.15, 0.2) is 42.5 Å². The fraction of sp³-hybridized carbons (Fsp3) is 0.143. The maximum Gasteiger partial charge on any atom is 0.123 e. The van der Waals surface area contributed by atoms with Crippen molar-refractivity contribution in [2.24, 2.45) is 0 Å². The second-order valence-corrected chi connectivity index (χ2v) is 3.73. The summed E-state index contributed by atoms with van der Waals surface area (Å²) < 4.78 is 5.36. The van der Waals surface area contributed by atoms with Crippen LogP contribution in [0.1, 0.15) is 6.92 Å². The first kappa shape index (κ1) is 11.3. The topological polar surface area (TPSA) is 55.5 Å². The fourth-order valence-electron chi connectivity index (χ4n) is 1.68. The molecule has 2 aromatic rings. The number of nitrogens with two attached hydrogens (primary N) is 1. The molecule has 3 nitrogen and oxygen atoms in total. The molecule has 0 saturated carbocycles. The summed E-state index contributed by atoms with van der Waals surface area (Å²) >= 11 is 0. The Labute approximate surface area is 100 Å². The number of anilines is 1. The zero-order valence-corrected chi connectivity index (χ0v) is 9.68. The van der Waals surface area contributed by atoms with E-state index in [1.165, 1.54) is 0 Å². The minimum atomic E-state index is 0.225. The first-order chi connectivity index (χ1) is 8.20. The molecule has 0 heterocycles. The lowest BCUT2D eigenvalue weighted by atomic mass is 10.0.